The molecule has 0 amide bonds. The van der Waals surface area contributed by atoms with Crippen LogP contribution < -0.4 is 5.32 Å². The molecule has 1 N–H and O–H groups in total. The first kappa shape index (κ1) is 11.9. The number of rotatable bonds is 5. The second-order valence-electron chi connectivity index (χ2n) is 3.37. The van der Waals surface area contributed by atoms with E-state index in [4.69, 9.17) is 0 Å². The van der Waals surface area contributed by atoms with Crippen LogP contribution in [-0.2, 0) is 0 Å². The lowest BCUT2D eigenvalue weighted by atomic mass is 10.2. The zero-order chi connectivity index (χ0) is 11.1. The quantitative estimate of drug-likeness (QED) is 0.739. The molecule has 0 saturated heterocycles. The molecule has 0 unspecified atom stereocenters. The van der Waals surface area contributed by atoms with Crippen molar-refractivity contribution in [2.24, 2.45) is 0 Å². The van der Waals surface area contributed by atoms with Crippen molar-refractivity contribution in [2.45, 2.75) is 25.4 Å². The van der Waals surface area contributed by atoms with Crippen LogP contribution in [0.4, 0.5) is 18.9 Å². The SMILES string of the molecule is FC(F)(F)CCCCNc1ccccc1. The molecule has 0 bridgehead atoms. The van der Waals surface area contributed by atoms with Crippen LogP contribution in [0.1, 0.15) is 19.3 Å². The highest BCUT2D eigenvalue weighted by atomic mass is 19.4. The summed E-state index contributed by atoms with van der Waals surface area (Å²) in [5.74, 6) is 0. The van der Waals surface area contributed by atoms with Crippen LogP contribution in [0.5, 0.6) is 0 Å². The minimum atomic E-state index is -4.02. The summed E-state index contributed by atoms with van der Waals surface area (Å²) in [6.07, 6.45) is -3.99. The number of alkyl halides is 3. The largest absolute Gasteiger partial charge is 0.389 e. The highest BCUT2D eigenvalue weighted by Crippen LogP contribution is 2.22. The molecule has 4 heteroatoms. The molecule has 0 heterocycles. The van der Waals surface area contributed by atoms with E-state index < -0.39 is 12.6 Å². The lowest BCUT2D eigenvalue weighted by Crippen LogP contribution is -2.08. The summed E-state index contributed by atoms with van der Waals surface area (Å²) < 4.78 is 35.4. The molecule has 0 saturated carbocycles. The summed E-state index contributed by atoms with van der Waals surface area (Å²) in [6, 6.07) is 9.46. The first-order chi connectivity index (χ1) is 7.08. The zero-order valence-electron chi connectivity index (χ0n) is 8.35. The van der Waals surface area contributed by atoms with Gasteiger partial charge in [-0.1, -0.05) is 18.2 Å². The third-order valence-corrected chi connectivity index (χ3v) is 1.99. The van der Waals surface area contributed by atoms with Crippen LogP contribution in [0.2, 0.25) is 0 Å². The molecule has 1 rings (SSSR count). The van der Waals surface area contributed by atoms with E-state index in [2.05, 4.69) is 5.32 Å². The van der Waals surface area contributed by atoms with E-state index in [0.717, 1.165) is 5.69 Å². The number of unbranched alkanes of at least 4 members (excludes halogenated alkanes) is 1. The summed E-state index contributed by atoms with van der Waals surface area (Å²) in [5.41, 5.74) is 0.949. The van der Waals surface area contributed by atoms with Crippen LogP contribution in [0.25, 0.3) is 0 Å². The fourth-order valence-corrected chi connectivity index (χ4v) is 1.24. The van der Waals surface area contributed by atoms with Gasteiger partial charge in [-0.15, -0.1) is 0 Å². The van der Waals surface area contributed by atoms with Gasteiger partial charge in [0.05, 0.1) is 0 Å². The maximum atomic E-state index is 11.8. The monoisotopic (exact) mass is 217 g/mol. The minimum absolute atomic E-state index is 0.184. The van der Waals surface area contributed by atoms with E-state index in [0.29, 0.717) is 13.0 Å². The molecule has 0 spiro atoms. The van der Waals surface area contributed by atoms with E-state index in [1.54, 1.807) is 0 Å². The van der Waals surface area contributed by atoms with Gasteiger partial charge in [-0.05, 0) is 25.0 Å². The minimum Gasteiger partial charge on any atom is -0.385 e. The van der Waals surface area contributed by atoms with Crippen LogP contribution in [0.3, 0.4) is 0 Å². The maximum Gasteiger partial charge on any atom is 0.389 e. The first-order valence-electron chi connectivity index (χ1n) is 4.93. The van der Waals surface area contributed by atoms with Gasteiger partial charge in [0, 0.05) is 18.7 Å². The Morgan fingerprint density at radius 3 is 2.27 bits per heavy atom. The number of nitrogens with one attached hydrogen (secondary N) is 1. The standard InChI is InChI=1S/C11H14F3N/c12-11(13,14)8-4-5-9-15-10-6-2-1-3-7-10/h1-3,6-7,15H,4-5,8-9H2. The van der Waals surface area contributed by atoms with Crippen LogP contribution in [0, 0.1) is 0 Å². The van der Waals surface area contributed by atoms with Crippen molar-refractivity contribution in [1.29, 1.82) is 0 Å². The van der Waals surface area contributed by atoms with Gasteiger partial charge in [0.2, 0.25) is 0 Å². The summed E-state index contributed by atoms with van der Waals surface area (Å²) >= 11 is 0. The Morgan fingerprint density at radius 1 is 1.00 bits per heavy atom. The molecule has 0 fully saturated rings. The smallest absolute Gasteiger partial charge is 0.385 e. The zero-order valence-corrected chi connectivity index (χ0v) is 8.35. The van der Waals surface area contributed by atoms with E-state index >= 15 is 0 Å². The summed E-state index contributed by atoms with van der Waals surface area (Å²) in [4.78, 5) is 0. The molecule has 0 aliphatic rings. The lowest BCUT2D eigenvalue weighted by Gasteiger charge is -2.07. The van der Waals surface area contributed by atoms with Crippen LogP contribution in [0.15, 0.2) is 30.3 Å². The second-order valence-corrected chi connectivity index (χ2v) is 3.37. The Labute approximate surface area is 87.3 Å². The predicted octanol–water partition coefficient (Wildman–Crippen LogP) is 3.83. The molecule has 0 atom stereocenters. The molecule has 0 radical (unpaired) electrons. The van der Waals surface area contributed by atoms with Gasteiger partial charge in [-0.25, -0.2) is 0 Å². The van der Waals surface area contributed by atoms with Gasteiger partial charge in [-0.2, -0.15) is 13.2 Å². The fourth-order valence-electron chi connectivity index (χ4n) is 1.24. The third-order valence-electron chi connectivity index (χ3n) is 1.99. The Kier molecular flexibility index (Phi) is 4.46. The molecule has 0 aliphatic carbocycles. The van der Waals surface area contributed by atoms with Gasteiger partial charge < -0.3 is 5.32 Å². The number of benzene rings is 1. The Balaban J connectivity index is 2.08. The Hall–Kier alpha value is -1.19. The van der Waals surface area contributed by atoms with Crippen molar-refractivity contribution in [3.05, 3.63) is 30.3 Å². The number of anilines is 1. The first-order valence-corrected chi connectivity index (χ1v) is 4.93. The molecule has 0 aromatic heterocycles. The summed E-state index contributed by atoms with van der Waals surface area (Å²) in [5, 5.41) is 3.06. The molecule has 1 nitrogen and oxygen atoms in total. The average molecular weight is 217 g/mol. The maximum absolute atomic E-state index is 11.8. The third kappa shape index (κ3) is 5.99. The van der Waals surface area contributed by atoms with Crippen molar-refractivity contribution < 1.29 is 13.2 Å². The van der Waals surface area contributed by atoms with E-state index in [1.807, 2.05) is 30.3 Å². The van der Waals surface area contributed by atoms with E-state index in [1.165, 1.54) is 0 Å². The van der Waals surface area contributed by atoms with Crippen molar-refractivity contribution >= 4 is 5.69 Å². The van der Waals surface area contributed by atoms with Gasteiger partial charge >= 0.3 is 6.18 Å². The van der Waals surface area contributed by atoms with Crippen molar-refractivity contribution in [2.75, 3.05) is 11.9 Å². The van der Waals surface area contributed by atoms with Crippen molar-refractivity contribution in [1.82, 2.24) is 0 Å². The number of halogens is 3. The van der Waals surface area contributed by atoms with Crippen molar-refractivity contribution in [3.8, 4) is 0 Å². The highest BCUT2D eigenvalue weighted by Gasteiger charge is 2.25. The van der Waals surface area contributed by atoms with Crippen LogP contribution in [-0.4, -0.2) is 12.7 Å². The average Bonchev–Trinajstić information content (AvgIpc) is 2.17. The topological polar surface area (TPSA) is 12.0 Å². The highest BCUT2D eigenvalue weighted by molar-refractivity contribution is 5.42. The lowest BCUT2D eigenvalue weighted by molar-refractivity contribution is -0.135. The van der Waals surface area contributed by atoms with Gasteiger partial charge in [0.1, 0.15) is 0 Å². The number of hydrogen-bond donors (Lipinski definition) is 1. The van der Waals surface area contributed by atoms with E-state index in [9.17, 15) is 13.2 Å². The number of para-hydroxylation sites is 1. The molecular weight excluding hydrogens is 203 g/mol. The summed E-state index contributed by atoms with van der Waals surface area (Å²) in [7, 11) is 0. The molecule has 1 aromatic carbocycles. The molecule has 0 aliphatic heterocycles. The van der Waals surface area contributed by atoms with Gasteiger partial charge in [0.15, 0.2) is 0 Å². The predicted molar refractivity (Wildman–Crippen MR) is 54.8 cm³/mol. The number of hydrogen-bond acceptors (Lipinski definition) is 1. The van der Waals surface area contributed by atoms with Gasteiger partial charge in [-0.3, -0.25) is 0 Å². The molecule has 15 heavy (non-hydrogen) atoms. The summed E-state index contributed by atoms with van der Waals surface area (Å²) in [6.45, 7) is 0.583. The Bertz CT molecular complexity index is 269. The second kappa shape index (κ2) is 5.63. The van der Waals surface area contributed by atoms with Gasteiger partial charge in [0.25, 0.3) is 0 Å². The molecular formula is C11H14F3N. The molecule has 1 aromatic rings. The van der Waals surface area contributed by atoms with E-state index in [-0.39, 0.29) is 6.42 Å². The normalized spacial score (nSPS) is 11.4. The fraction of sp³-hybridized carbons (Fsp3) is 0.455. The molecule has 84 valence electrons. The van der Waals surface area contributed by atoms with Crippen LogP contribution >= 0.6 is 0 Å². The van der Waals surface area contributed by atoms with Crippen molar-refractivity contribution in [3.63, 3.8) is 0 Å². The Morgan fingerprint density at radius 2 is 1.67 bits per heavy atom.